The number of benzene rings is 1. The van der Waals surface area contributed by atoms with E-state index in [0.29, 0.717) is 17.3 Å². The highest BCUT2D eigenvalue weighted by atomic mass is 35.5. The molecule has 5 nitrogen and oxygen atoms in total. The van der Waals surface area contributed by atoms with E-state index in [0.717, 1.165) is 5.69 Å². The SMILES string of the molecule is Cn1nccc1CNc1cc(Cl)ccc1C(=O)O. The number of halogens is 1. The van der Waals surface area contributed by atoms with E-state index in [1.54, 1.807) is 23.0 Å². The summed E-state index contributed by atoms with van der Waals surface area (Å²) >= 11 is 5.86. The van der Waals surface area contributed by atoms with Gasteiger partial charge < -0.3 is 10.4 Å². The van der Waals surface area contributed by atoms with Gasteiger partial charge in [-0.05, 0) is 24.3 Å². The van der Waals surface area contributed by atoms with Gasteiger partial charge in [-0.3, -0.25) is 4.68 Å². The van der Waals surface area contributed by atoms with Gasteiger partial charge in [0.2, 0.25) is 0 Å². The number of nitrogens with one attached hydrogen (secondary N) is 1. The van der Waals surface area contributed by atoms with Crippen LogP contribution < -0.4 is 5.32 Å². The number of carboxylic acid groups (broad SMARTS) is 1. The predicted octanol–water partition coefficient (Wildman–Crippen LogP) is 2.38. The maximum absolute atomic E-state index is 11.1. The lowest BCUT2D eigenvalue weighted by Gasteiger charge is -2.10. The summed E-state index contributed by atoms with van der Waals surface area (Å²) in [6.07, 6.45) is 1.69. The molecule has 2 N–H and O–H groups in total. The Morgan fingerprint density at radius 1 is 1.50 bits per heavy atom. The zero-order valence-electron chi connectivity index (χ0n) is 9.72. The minimum atomic E-state index is -0.987. The highest BCUT2D eigenvalue weighted by Gasteiger charge is 2.10. The Hall–Kier alpha value is -2.01. The molecule has 18 heavy (non-hydrogen) atoms. The minimum Gasteiger partial charge on any atom is -0.478 e. The van der Waals surface area contributed by atoms with E-state index in [4.69, 9.17) is 16.7 Å². The van der Waals surface area contributed by atoms with Crippen molar-refractivity contribution in [2.75, 3.05) is 5.32 Å². The molecule has 0 amide bonds. The van der Waals surface area contributed by atoms with Crippen LogP contribution in [0.3, 0.4) is 0 Å². The molecule has 0 saturated carbocycles. The molecule has 0 spiro atoms. The van der Waals surface area contributed by atoms with Crippen LogP contribution in [-0.2, 0) is 13.6 Å². The molecule has 0 aliphatic carbocycles. The van der Waals surface area contributed by atoms with Crippen molar-refractivity contribution in [1.82, 2.24) is 9.78 Å². The third kappa shape index (κ3) is 2.62. The van der Waals surface area contributed by atoms with Crippen LogP contribution in [0.15, 0.2) is 30.5 Å². The van der Waals surface area contributed by atoms with Crippen molar-refractivity contribution in [1.29, 1.82) is 0 Å². The fraction of sp³-hybridized carbons (Fsp3) is 0.167. The summed E-state index contributed by atoms with van der Waals surface area (Å²) in [4.78, 5) is 11.1. The van der Waals surface area contributed by atoms with Gasteiger partial charge in [0.1, 0.15) is 0 Å². The highest BCUT2D eigenvalue weighted by Crippen LogP contribution is 2.21. The van der Waals surface area contributed by atoms with Gasteiger partial charge in [0.15, 0.2) is 0 Å². The first kappa shape index (κ1) is 12.4. The van der Waals surface area contributed by atoms with Crippen molar-refractivity contribution in [2.45, 2.75) is 6.54 Å². The van der Waals surface area contributed by atoms with E-state index in [1.807, 2.05) is 13.1 Å². The lowest BCUT2D eigenvalue weighted by Crippen LogP contribution is -2.09. The van der Waals surface area contributed by atoms with Crippen LogP contribution >= 0.6 is 11.6 Å². The molecular weight excluding hydrogens is 254 g/mol. The van der Waals surface area contributed by atoms with E-state index in [-0.39, 0.29) is 5.56 Å². The van der Waals surface area contributed by atoms with Gasteiger partial charge in [-0.2, -0.15) is 5.10 Å². The van der Waals surface area contributed by atoms with Gasteiger partial charge in [-0.15, -0.1) is 0 Å². The molecule has 94 valence electrons. The monoisotopic (exact) mass is 265 g/mol. The summed E-state index contributed by atoms with van der Waals surface area (Å²) in [5, 5.41) is 16.7. The maximum Gasteiger partial charge on any atom is 0.337 e. The Bertz CT molecular complexity index is 580. The Labute approximate surface area is 109 Å². The summed E-state index contributed by atoms with van der Waals surface area (Å²) in [6.45, 7) is 0.483. The number of anilines is 1. The van der Waals surface area contributed by atoms with E-state index >= 15 is 0 Å². The average Bonchev–Trinajstić information content (AvgIpc) is 2.72. The topological polar surface area (TPSA) is 67.2 Å². The Kier molecular flexibility index (Phi) is 3.53. The Morgan fingerprint density at radius 2 is 2.28 bits per heavy atom. The van der Waals surface area contributed by atoms with Gasteiger partial charge in [-0.1, -0.05) is 11.6 Å². The number of rotatable bonds is 4. The van der Waals surface area contributed by atoms with E-state index in [2.05, 4.69) is 10.4 Å². The average molecular weight is 266 g/mol. The standard InChI is InChI=1S/C12H12ClN3O2/c1-16-9(4-5-15-16)7-14-11-6-8(13)2-3-10(11)12(17)18/h2-6,14H,7H2,1H3,(H,17,18). The second-order valence-electron chi connectivity index (χ2n) is 3.79. The summed E-state index contributed by atoms with van der Waals surface area (Å²) in [5.74, 6) is -0.987. The molecule has 0 aliphatic heterocycles. The van der Waals surface area contributed by atoms with Gasteiger partial charge in [0.05, 0.1) is 23.5 Å². The minimum absolute atomic E-state index is 0.196. The summed E-state index contributed by atoms with van der Waals surface area (Å²) in [6, 6.07) is 6.50. The molecule has 0 fully saturated rings. The van der Waals surface area contributed by atoms with Crippen molar-refractivity contribution in [2.24, 2.45) is 7.05 Å². The van der Waals surface area contributed by atoms with Crippen LogP contribution in [0, 0.1) is 0 Å². The van der Waals surface area contributed by atoms with Crippen LogP contribution in [0.25, 0.3) is 0 Å². The largest absolute Gasteiger partial charge is 0.478 e. The van der Waals surface area contributed by atoms with E-state index < -0.39 is 5.97 Å². The number of aryl methyl sites for hydroxylation is 1. The van der Waals surface area contributed by atoms with Crippen molar-refractivity contribution in [3.8, 4) is 0 Å². The molecule has 1 aromatic heterocycles. The number of aromatic nitrogens is 2. The van der Waals surface area contributed by atoms with Crippen LogP contribution in [-0.4, -0.2) is 20.9 Å². The smallest absolute Gasteiger partial charge is 0.337 e. The second kappa shape index (κ2) is 5.10. The first-order valence-corrected chi connectivity index (χ1v) is 5.69. The second-order valence-corrected chi connectivity index (χ2v) is 4.23. The molecule has 0 saturated heterocycles. The quantitative estimate of drug-likeness (QED) is 0.891. The first-order chi connectivity index (χ1) is 8.58. The lowest BCUT2D eigenvalue weighted by atomic mass is 10.2. The third-order valence-corrected chi connectivity index (χ3v) is 2.83. The molecule has 0 unspecified atom stereocenters. The molecule has 2 aromatic rings. The summed E-state index contributed by atoms with van der Waals surface area (Å²) < 4.78 is 1.72. The zero-order valence-corrected chi connectivity index (χ0v) is 10.5. The number of carboxylic acids is 1. The summed E-state index contributed by atoms with van der Waals surface area (Å²) in [5.41, 5.74) is 1.64. The van der Waals surface area contributed by atoms with Crippen molar-refractivity contribution in [3.63, 3.8) is 0 Å². The number of aromatic carboxylic acids is 1. The number of hydrogen-bond donors (Lipinski definition) is 2. The van der Waals surface area contributed by atoms with Crippen LogP contribution in [0.5, 0.6) is 0 Å². The lowest BCUT2D eigenvalue weighted by molar-refractivity contribution is 0.0698. The molecule has 2 rings (SSSR count). The number of carbonyl (C=O) groups is 1. The molecule has 0 bridgehead atoms. The van der Waals surface area contributed by atoms with Gasteiger partial charge in [0.25, 0.3) is 0 Å². The summed E-state index contributed by atoms with van der Waals surface area (Å²) in [7, 11) is 1.83. The molecule has 1 aromatic carbocycles. The normalized spacial score (nSPS) is 10.3. The Morgan fingerprint density at radius 3 is 2.89 bits per heavy atom. The molecule has 0 aliphatic rings. The van der Waals surface area contributed by atoms with Crippen LogP contribution in [0.2, 0.25) is 5.02 Å². The van der Waals surface area contributed by atoms with Gasteiger partial charge in [-0.25, -0.2) is 4.79 Å². The molecule has 6 heteroatoms. The zero-order chi connectivity index (χ0) is 13.1. The molecule has 1 heterocycles. The van der Waals surface area contributed by atoms with Crippen molar-refractivity contribution < 1.29 is 9.90 Å². The Balaban J connectivity index is 2.20. The number of nitrogens with zero attached hydrogens (tertiary/aromatic N) is 2. The van der Waals surface area contributed by atoms with Crippen molar-refractivity contribution >= 4 is 23.3 Å². The fourth-order valence-corrected chi connectivity index (χ4v) is 1.78. The van der Waals surface area contributed by atoms with Gasteiger partial charge >= 0.3 is 5.97 Å². The van der Waals surface area contributed by atoms with E-state index in [1.165, 1.54) is 6.07 Å². The van der Waals surface area contributed by atoms with Gasteiger partial charge in [0, 0.05) is 18.3 Å². The third-order valence-electron chi connectivity index (χ3n) is 2.59. The molecular formula is C12H12ClN3O2. The fourth-order valence-electron chi connectivity index (χ4n) is 1.61. The highest BCUT2D eigenvalue weighted by molar-refractivity contribution is 6.31. The first-order valence-electron chi connectivity index (χ1n) is 5.31. The van der Waals surface area contributed by atoms with E-state index in [9.17, 15) is 4.79 Å². The molecule has 0 atom stereocenters. The van der Waals surface area contributed by atoms with Crippen molar-refractivity contribution in [3.05, 3.63) is 46.7 Å². The maximum atomic E-state index is 11.1. The van der Waals surface area contributed by atoms with Crippen LogP contribution in [0.4, 0.5) is 5.69 Å². The number of hydrogen-bond acceptors (Lipinski definition) is 3. The van der Waals surface area contributed by atoms with Crippen LogP contribution in [0.1, 0.15) is 16.1 Å². The predicted molar refractivity (Wildman–Crippen MR) is 68.9 cm³/mol. The molecule has 0 radical (unpaired) electrons.